The first-order valence-electron chi connectivity index (χ1n) is 7.16. The predicted molar refractivity (Wildman–Crippen MR) is 91.8 cm³/mol. The van der Waals surface area contributed by atoms with Crippen molar-refractivity contribution < 1.29 is 13.7 Å². The predicted octanol–water partition coefficient (Wildman–Crippen LogP) is 2.31. The number of para-hydroxylation sites is 1. The lowest BCUT2D eigenvalue weighted by molar-refractivity contribution is 0.0462. The molecule has 0 bridgehead atoms. The molecular weight excluding hydrogens is 326 g/mol. The van der Waals surface area contributed by atoms with Gasteiger partial charge in [0.1, 0.15) is 5.82 Å². The molecule has 3 aromatic rings. The molecule has 6 nitrogen and oxygen atoms in total. The van der Waals surface area contributed by atoms with Crippen molar-refractivity contribution in [2.45, 2.75) is 11.5 Å². The van der Waals surface area contributed by atoms with Crippen molar-refractivity contribution in [2.75, 3.05) is 12.0 Å². The average Bonchev–Trinajstić information content (AvgIpc) is 2.60. The molecule has 0 aliphatic rings. The van der Waals surface area contributed by atoms with Crippen molar-refractivity contribution in [2.24, 2.45) is 0 Å². The van der Waals surface area contributed by atoms with E-state index in [1.165, 1.54) is 0 Å². The maximum atomic E-state index is 12.1. The molecule has 0 amide bonds. The van der Waals surface area contributed by atoms with Crippen molar-refractivity contribution in [1.29, 1.82) is 0 Å². The van der Waals surface area contributed by atoms with Gasteiger partial charge in [-0.05, 0) is 36.4 Å². The molecular formula is C17H15N3O3S. The molecule has 0 radical (unpaired) electrons. The van der Waals surface area contributed by atoms with E-state index in [1.54, 1.807) is 30.5 Å². The van der Waals surface area contributed by atoms with Crippen molar-refractivity contribution in [3.63, 3.8) is 0 Å². The Morgan fingerprint density at radius 3 is 2.54 bits per heavy atom. The van der Waals surface area contributed by atoms with E-state index in [9.17, 15) is 9.00 Å². The van der Waals surface area contributed by atoms with Gasteiger partial charge in [0.2, 0.25) is 0 Å². The zero-order valence-corrected chi connectivity index (χ0v) is 13.7. The van der Waals surface area contributed by atoms with Gasteiger partial charge in [-0.25, -0.2) is 14.8 Å². The Labute approximate surface area is 141 Å². The molecule has 1 aromatic heterocycles. The number of fused-ring (bicyclic) bond motifs is 1. The van der Waals surface area contributed by atoms with Crippen LogP contribution in [0.1, 0.15) is 16.2 Å². The lowest BCUT2D eigenvalue weighted by atomic mass is 10.2. The SMILES string of the molecule is C[S@@](=O)c1ccc(C(=O)OCc2nc(N)c3ccccc3n2)cc1. The van der Waals surface area contributed by atoms with E-state index in [0.29, 0.717) is 27.6 Å². The summed E-state index contributed by atoms with van der Waals surface area (Å²) < 4.78 is 16.6. The molecule has 7 heteroatoms. The summed E-state index contributed by atoms with van der Waals surface area (Å²) in [6, 6.07) is 13.8. The van der Waals surface area contributed by atoms with Crippen LogP contribution in [-0.4, -0.2) is 26.4 Å². The number of carbonyl (C=O) groups excluding carboxylic acids is 1. The second-order valence-corrected chi connectivity index (χ2v) is 6.48. The minimum atomic E-state index is -1.09. The van der Waals surface area contributed by atoms with E-state index >= 15 is 0 Å². The lowest BCUT2D eigenvalue weighted by Crippen LogP contribution is -2.09. The number of esters is 1. The van der Waals surface area contributed by atoms with Crippen LogP contribution in [0.3, 0.4) is 0 Å². The van der Waals surface area contributed by atoms with Crippen molar-refractivity contribution in [3.05, 3.63) is 59.9 Å². The number of nitrogens with zero attached hydrogens (tertiary/aromatic N) is 2. The average molecular weight is 341 g/mol. The third-order valence-electron chi connectivity index (χ3n) is 3.43. The van der Waals surface area contributed by atoms with Gasteiger partial charge in [-0.15, -0.1) is 0 Å². The van der Waals surface area contributed by atoms with Gasteiger partial charge < -0.3 is 10.5 Å². The first kappa shape index (κ1) is 16.1. The molecule has 0 aliphatic heterocycles. The van der Waals surface area contributed by atoms with E-state index in [-0.39, 0.29) is 6.61 Å². The molecule has 0 aliphatic carbocycles. The van der Waals surface area contributed by atoms with Gasteiger partial charge in [-0.1, -0.05) is 12.1 Å². The molecule has 1 heterocycles. The van der Waals surface area contributed by atoms with Crippen LogP contribution in [0, 0.1) is 0 Å². The summed E-state index contributed by atoms with van der Waals surface area (Å²) in [6.07, 6.45) is 1.58. The number of anilines is 1. The summed E-state index contributed by atoms with van der Waals surface area (Å²) in [4.78, 5) is 21.2. The molecule has 3 rings (SSSR count). The van der Waals surface area contributed by atoms with Crippen LogP contribution in [0.15, 0.2) is 53.4 Å². The third kappa shape index (κ3) is 3.41. The van der Waals surface area contributed by atoms with E-state index in [0.717, 1.165) is 5.39 Å². The van der Waals surface area contributed by atoms with E-state index < -0.39 is 16.8 Å². The number of carbonyl (C=O) groups is 1. The second-order valence-electron chi connectivity index (χ2n) is 5.10. The zero-order valence-electron chi connectivity index (χ0n) is 12.9. The van der Waals surface area contributed by atoms with Gasteiger partial charge in [0.15, 0.2) is 12.4 Å². The maximum absolute atomic E-state index is 12.1. The first-order valence-corrected chi connectivity index (χ1v) is 8.72. The van der Waals surface area contributed by atoms with Gasteiger partial charge in [0.25, 0.3) is 0 Å². The smallest absolute Gasteiger partial charge is 0.338 e. The Morgan fingerprint density at radius 1 is 1.12 bits per heavy atom. The number of aromatic nitrogens is 2. The summed E-state index contributed by atoms with van der Waals surface area (Å²) in [5.74, 6) is 0.186. The Kier molecular flexibility index (Phi) is 4.52. The number of nitrogens with two attached hydrogens (primary N) is 1. The highest BCUT2D eigenvalue weighted by molar-refractivity contribution is 7.84. The monoisotopic (exact) mass is 341 g/mol. The number of nitrogen functional groups attached to an aromatic ring is 1. The summed E-state index contributed by atoms with van der Waals surface area (Å²) in [5.41, 5.74) is 6.97. The van der Waals surface area contributed by atoms with Gasteiger partial charge in [-0.3, -0.25) is 4.21 Å². The van der Waals surface area contributed by atoms with E-state index in [1.807, 2.05) is 24.3 Å². The summed E-state index contributed by atoms with van der Waals surface area (Å²) in [6.45, 7) is -0.0741. The van der Waals surface area contributed by atoms with Crippen LogP contribution in [-0.2, 0) is 22.1 Å². The second kappa shape index (κ2) is 6.76. The fourth-order valence-corrected chi connectivity index (χ4v) is 2.73. The normalized spacial score (nSPS) is 12.0. The third-order valence-corrected chi connectivity index (χ3v) is 4.37. The standard InChI is InChI=1S/C17H15N3O3S/c1-24(22)12-8-6-11(7-9-12)17(21)23-10-15-19-14-5-3-2-4-13(14)16(18)20-15/h2-9H,10H2,1H3,(H2,18,19,20)/t24-/m1/s1. The van der Waals surface area contributed by atoms with Gasteiger partial charge in [-0.2, -0.15) is 0 Å². The van der Waals surface area contributed by atoms with E-state index in [2.05, 4.69) is 9.97 Å². The molecule has 0 saturated carbocycles. The molecule has 24 heavy (non-hydrogen) atoms. The van der Waals surface area contributed by atoms with Crippen LogP contribution in [0.25, 0.3) is 10.9 Å². The quantitative estimate of drug-likeness (QED) is 0.732. The molecule has 0 fully saturated rings. The first-order chi connectivity index (χ1) is 11.5. The minimum Gasteiger partial charge on any atom is -0.454 e. The summed E-state index contributed by atoms with van der Waals surface area (Å²) in [5, 5.41) is 0.760. The van der Waals surface area contributed by atoms with Crippen molar-refractivity contribution in [1.82, 2.24) is 9.97 Å². The fourth-order valence-electron chi connectivity index (χ4n) is 2.21. The highest BCUT2D eigenvalue weighted by atomic mass is 32.2. The van der Waals surface area contributed by atoms with Crippen molar-refractivity contribution >= 4 is 33.5 Å². The highest BCUT2D eigenvalue weighted by Crippen LogP contribution is 2.17. The molecule has 0 unspecified atom stereocenters. The van der Waals surface area contributed by atoms with Crippen LogP contribution >= 0.6 is 0 Å². The molecule has 1 atom stereocenters. The Balaban J connectivity index is 1.73. The zero-order chi connectivity index (χ0) is 17.1. The fraction of sp³-hybridized carbons (Fsp3) is 0.118. The minimum absolute atomic E-state index is 0.0741. The van der Waals surface area contributed by atoms with Crippen molar-refractivity contribution in [3.8, 4) is 0 Å². The number of benzene rings is 2. The van der Waals surface area contributed by atoms with Gasteiger partial charge in [0, 0.05) is 27.3 Å². The number of rotatable bonds is 4. The van der Waals surface area contributed by atoms with Gasteiger partial charge in [0.05, 0.1) is 11.1 Å². The lowest BCUT2D eigenvalue weighted by Gasteiger charge is -2.07. The van der Waals surface area contributed by atoms with Crippen LogP contribution in [0.2, 0.25) is 0 Å². The van der Waals surface area contributed by atoms with Crippen LogP contribution in [0.5, 0.6) is 0 Å². The molecule has 0 spiro atoms. The number of ether oxygens (including phenoxy) is 1. The Hall–Kier alpha value is -2.80. The maximum Gasteiger partial charge on any atom is 0.338 e. The van der Waals surface area contributed by atoms with Crippen LogP contribution < -0.4 is 5.73 Å². The Bertz CT molecular complexity index is 926. The summed E-state index contributed by atoms with van der Waals surface area (Å²) in [7, 11) is -1.09. The molecule has 2 aromatic carbocycles. The van der Waals surface area contributed by atoms with Crippen LogP contribution in [0.4, 0.5) is 5.82 Å². The highest BCUT2D eigenvalue weighted by Gasteiger charge is 2.11. The topological polar surface area (TPSA) is 95.2 Å². The molecule has 122 valence electrons. The molecule has 0 saturated heterocycles. The largest absolute Gasteiger partial charge is 0.454 e. The number of hydrogen-bond acceptors (Lipinski definition) is 6. The van der Waals surface area contributed by atoms with Gasteiger partial charge >= 0.3 is 5.97 Å². The summed E-state index contributed by atoms with van der Waals surface area (Å²) >= 11 is 0. The number of hydrogen-bond donors (Lipinski definition) is 1. The Morgan fingerprint density at radius 2 is 1.83 bits per heavy atom. The molecule has 2 N–H and O–H groups in total. The van der Waals surface area contributed by atoms with E-state index in [4.69, 9.17) is 10.5 Å².